The van der Waals surface area contributed by atoms with Gasteiger partial charge in [0.05, 0.1) is 0 Å². The van der Waals surface area contributed by atoms with Gasteiger partial charge in [0.25, 0.3) is 0 Å². The van der Waals surface area contributed by atoms with Gasteiger partial charge in [-0.3, -0.25) is 0 Å². The van der Waals surface area contributed by atoms with Crippen molar-refractivity contribution < 1.29 is 0 Å². The van der Waals surface area contributed by atoms with Crippen LogP contribution in [0.5, 0.6) is 0 Å². The van der Waals surface area contributed by atoms with Crippen molar-refractivity contribution in [1.82, 2.24) is 4.90 Å². The Morgan fingerprint density at radius 2 is 1.88 bits per heavy atom. The minimum Gasteiger partial charge on any atom is -0.300 e. The molecule has 90 valence electrons. The Balaban J connectivity index is 2.28. The summed E-state index contributed by atoms with van der Waals surface area (Å²) in [7, 11) is 0. The molecule has 0 fully saturated rings. The molecule has 1 nitrogen and oxygen atoms in total. The zero-order chi connectivity index (χ0) is 11.8. The average molecular weight is 237 g/mol. The van der Waals surface area contributed by atoms with Gasteiger partial charge in [-0.2, -0.15) is 0 Å². The summed E-state index contributed by atoms with van der Waals surface area (Å²) in [6, 6.07) is 11.4. The fourth-order valence-electron chi connectivity index (χ4n) is 1.75. The highest BCUT2D eigenvalue weighted by Crippen LogP contribution is 2.17. The molecule has 1 rings (SSSR count). The van der Waals surface area contributed by atoms with E-state index < -0.39 is 0 Å². The molecule has 0 aliphatic carbocycles. The van der Waals surface area contributed by atoms with E-state index >= 15 is 0 Å². The van der Waals surface area contributed by atoms with Gasteiger partial charge in [0.15, 0.2) is 0 Å². The predicted molar refractivity (Wildman–Crippen MR) is 74.2 cm³/mol. The molecule has 0 saturated heterocycles. The van der Waals surface area contributed by atoms with Crippen LogP contribution in [0.1, 0.15) is 27.2 Å². The van der Waals surface area contributed by atoms with Gasteiger partial charge in [-0.25, -0.2) is 0 Å². The van der Waals surface area contributed by atoms with E-state index in [4.69, 9.17) is 0 Å². The lowest BCUT2D eigenvalue weighted by Crippen LogP contribution is -2.34. The van der Waals surface area contributed by atoms with E-state index in [9.17, 15) is 0 Å². The Kier molecular flexibility index (Phi) is 6.58. The predicted octanol–water partition coefficient (Wildman–Crippen LogP) is 3.90. The van der Waals surface area contributed by atoms with Crippen molar-refractivity contribution in [2.24, 2.45) is 0 Å². The Hall–Kier alpha value is -0.470. The number of benzene rings is 1. The third-order valence-corrected chi connectivity index (χ3v) is 4.00. The van der Waals surface area contributed by atoms with Crippen molar-refractivity contribution >= 4 is 11.8 Å². The first-order valence-electron chi connectivity index (χ1n) is 6.19. The molecular weight excluding hydrogens is 214 g/mol. The standard InChI is InChI=1S/C14H23NS/c1-4-13(3)15(5-2)11-12-16-14-9-7-6-8-10-14/h6-10,13H,4-5,11-12H2,1-3H3. The van der Waals surface area contributed by atoms with E-state index in [2.05, 4.69) is 56.0 Å². The molecule has 1 atom stereocenters. The van der Waals surface area contributed by atoms with Gasteiger partial charge in [-0.15, -0.1) is 11.8 Å². The molecule has 1 unspecified atom stereocenters. The molecule has 0 amide bonds. The molecular formula is C14H23NS. The third-order valence-electron chi connectivity index (χ3n) is 3.01. The van der Waals surface area contributed by atoms with Crippen molar-refractivity contribution in [2.75, 3.05) is 18.8 Å². The lowest BCUT2D eigenvalue weighted by Gasteiger charge is -2.26. The first-order chi connectivity index (χ1) is 7.77. The van der Waals surface area contributed by atoms with Crippen LogP contribution in [-0.2, 0) is 0 Å². The van der Waals surface area contributed by atoms with Gasteiger partial charge >= 0.3 is 0 Å². The monoisotopic (exact) mass is 237 g/mol. The Bertz CT molecular complexity index is 273. The molecule has 0 saturated carbocycles. The summed E-state index contributed by atoms with van der Waals surface area (Å²) >= 11 is 1.95. The van der Waals surface area contributed by atoms with E-state index in [1.807, 2.05) is 11.8 Å². The van der Waals surface area contributed by atoms with E-state index in [1.54, 1.807) is 0 Å². The average Bonchev–Trinajstić information content (AvgIpc) is 2.35. The highest BCUT2D eigenvalue weighted by Gasteiger charge is 2.08. The smallest absolute Gasteiger partial charge is 0.0108 e. The summed E-state index contributed by atoms with van der Waals surface area (Å²) in [6.07, 6.45) is 1.24. The summed E-state index contributed by atoms with van der Waals surface area (Å²) in [5.41, 5.74) is 0. The van der Waals surface area contributed by atoms with Crippen molar-refractivity contribution in [3.63, 3.8) is 0 Å². The van der Waals surface area contributed by atoms with Crippen molar-refractivity contribution in [1.29, 1.82) is 0 Å². The van der Waals surface area contributed by atoms with Crippen LogP contribution in [0.4, 0.5) is 0 Å². The molecule has 0 aromatic heterocycles. The van der Waals surface area contributed by atoms with Crippen LogP contribution >= 0.6 is 11.8 Å². The first-order valence-corrected chi connectivity index (χ1v) is 7.18. The number of nitrogens with zero attached hydrogens (tertiary/aromatic N) is 1. The van der Waals surface area contributed by atoms with E-state index in [0.717, 1.165) is 6.54 Å². The second-order valence-corrected chi connectivity index (χ2v) is 5.22. The molecule has 1 aromatic rings. The van der Waals surface area contributed by atoms with Gasteiger partial charge < -0.3 is 4.90 Å². The van der Waals surface area contributed by atoms with Crippen LogP contribution in [0.15, 0.2) is 35.2 Å². The topological polar surface area (TPSA) is 3.24 Å². The maximum absolute atomic E-state index is 2.55. The second-order valence-electron chi connectivity index (χ2n) is 4.05. The van der Waals surface area contributed by atoms with Crippen LogP contribution in [0.3, 0.4) is 0 Å². The Labute approximate surface area is 104 Å². The van der Waals surface area contributed by atoms with Gasteiger partial charge in [0.2, 0.25) is 0 Å². The third kappa shape index (κ3) is 4.58. The molecule has 0 aliphatic rings. The lowest BCUT2D eigenvalue weighted by molar-refractivity contribution is 0.228. The lowest BCUT2D eigenvalue weighted by atomic mass is 10.2. The molecule has 0 bridgehead atoms. The fourth-order valence-corrected chi connectivity index (χ4v) is 2.66. The Morgan fingerprint density at radius 3 is 2.44 bits per heavy atom. The first kappa shape index (κ1) is 13.6. The minimum absolute atomic E-state index is 0.710. The molecule has 2 heteroatoms. The summed E-state index contributed by atoms with van der Waals surface area (Å²) in [4.78, 5) is 3.93. The zero-order valence-electron chi connectivity index (χ0n) is 10.6. The number of hydrogen-bond acceptors (Lipinski definition) is 2. The van der Waals surface area contributed by atoms with Crippen LogP contribution in [0, 0.1) is 0 Å². The van der Waals surface area contributed by atoms with Crippen molar-refractivity contribution in [2.45, 2.75) is 38.1 Å². The Morgan fingerprint density at radius 1 is 1.19 bits per heavy atom. The minimum atomic E-state index is 0.710. The molecule has 1 aromatic carbocycles. The van der Waals surface area contributed by atoms with Crippen LogP contribution in [0.2, 0.25) is 0 Å². The van der Waals surface area contributed by atoms with E-state index in [0.29, 0.717) is 6.04 Å². The normalized spacial score (nSPS) is 13.0. The zero-order valence-corrected chi connectivity index (χ0v) is 11.5. The summed E-state index contributed by atoms with van der Waals surface area (Å²) in [5, 5.41) is 0. The van der Waals surface area contributed by atoms with Gasteiger partial charge in [-0.05, 0) is 32.0 Å². The summed E-state index contributed by atoms with van der Waals surface area (Å²) < 4.78 is 0. The second kappa shape index (κ2) is 7.75. The van der Waals surface area contributed by atoms with Gasteiger partial charge in [-0.1, -0.05) is 32.0 Å². The molecule has 0 aliphatic heterocycles. The van der Waals surface area contributed by atoms with Gasteiger partial charge in [0, 0.05) is 23.2 Å². The maximum atomic E-state index is 2.55. The highest BCUT2D eigenvalue weighted by atomic mass is 32.2. The number of rotatable bonds is 7. The van der Waals surface area contributed by atoms with E-state index in [-0.39, 0.29) is 0 Å². The molecule has 0 N–H and O–H groups in total. The maximum Gasteiger partial charge on any atom is 0.0108 e. The quantitative estimate of drug-likeness (QED) is 0.662. The summed E-state index contributed by atoms with van der Waals surface area (Å²) in [6.45, 7) is 9.17. The van der Waals surface area contributed by atoms with Crippen LogP contribution in [-0.4, -0.2) is 29.8 Å². The van der Waals surface area contributed by atoms with Crippen molar-refractivity contribution in [3.05, 3.63) is 30.3 Å². The van der Waals surface area contributed by atoms with Crippen LogP contribution < -0.4 is 0 Å². The molecule has 0 heterocycles. The van der Waals surface area contributed by atoms with Crippen molar-refractivity contribution in [3.8, 4) is 0 Å². The fraction of sp³-hybridized carbons (Fsp3) is 0.571. The molecule has 16 heavy (non-hydrogen) atoms. The SMILES string of the molecule is CCC(C)N(CC)CCSc1ccccc1. The van der Waals surface area contributed by atoms with E-state index in [1.165, 1.54) is 23.6 Å². The number of hydrogen-bond donors (Lipinski definition) is 0. The molecule has 0 spiro atoms. The highest BCUT2D eigenvalue weighted by molar-refractivity contribution is 7.99. The number of thioether (sulfide) groups is 1. The van der Waals surface area contributed by atoms with Gasteiger partial charge in [0.1, 0.15) is 0 Å². The molecule has 0 radical (unpaired) electrons. The summed E-state index contributed by atoms with van der Waals surface area (Å²) in [5.74, 6) is 1.18. The largest absolute Gasteiger partial charge is 0.300 e. The van der Waals surface area contributed by atoms with Crippen LogP contribution in [0.25, 0.3) is 0 Å².